The normalized spacial score (nSPS) is 11.2. The highest BCUT2D eigenvalue weighted by Crippen LogP contribution is 2.23. The maximum atomic E-state index is 12.2. The summed E-state index contributed by atoms with van der Waals surface area (Å²) in [4.78, 5) is 12.7. The molecular weight excluding hydrogens is 436 g/mol. The van der Waals surface area contributed by atoms with Crippen molar-refractivity contribution in [2.75, 3.05) is 10.0 Å². The summed E-state index contributed by atoms with van der Waals surface area (Å²) < 4.78 is 27.6. The smallest absolute Gasteiger partial charge is 0.265 e. The molecule has 7 nitrogen and oxygen atoms in total. The molecule has 11 heteroatoms. The van der Waals surface area contributed by atoms with Crippen molar-refractivity contribution in [2.45, 2.75) is 4.90 Å². The van der Waals surface area contributed by atoms with Crippen LogP contribution in [0.5, 0.6) is 0 Å². The van der Waals surface area contributed by atoms with Gasteiger partial charge in [-0.2, -0.15) is 0 Å². The van der Waals surface area contributed by atoms with E-state index in [1.54, 1.807) is 12.1 Å². The Hall–Kier alpha value is -1.82. The molecule has 0 bridgehead atoms. The highest BCUT2D eigenvalue weighted by atomic mass is 79.9. The van der Waals surface area contributed by atoms with Crippen LogP contribution >= 0.6 is 38.6 Å². The second-order valence-corrected chi connectivity index (χ2v) is 9.41. The topological polar surface area (TPSA) is 101 Å². The maximum Gasteiger partial charge on any atom is 0.265 e. The Kier molecular flexibility index (Phi) is 4.94. The van der Waals surface area contributed by atoms with Crippen molar-refractivity contribution >= 4 is 65.4 Å². The van der Waals surface area contributed by atoms with Gasteiger partial charge in [-0.1, -0.05) is 11.3 Å². The summed E-state index contributed by atoms with van der Waals surface area (Å²) in [6.07, 6.45) is 0. The van der Waals surface area contributed by atoms with Crippen molar-refractivity contribution < 1.29 is 13.2 Å². The number of carbonyl (C=O) groups is 1. The minimum absolute atomic E-state index is 0.0644. The number of benzene rings is 1. The zero-order valence-corrected chi connectivity index (χ0v) is 15.8. The Morgan fingerprint density at radius 1 is 1.12 bits per heavy atom. The van der Waals surface area contributed by atoms with E-state index in [-0.39, 0.29) is 15.9 Å². The molecule has 0 aliphatic carbocycles. The van der Waals surface area contributed by atoms with Crippen LogP contribution in [0.3, 0.4) is 0 Å². The molecule has 3 rings (SSSR count). The van der Waals surface area contributed by atoms with Crippen LogP contribution in [0.15, 0.2) is 50.6 Å². The molecule has 0 aliphatic rings. The zero-order chi connectivity index (χ0) is 17.2. The number of thiophene rings is 1. The highest BCUT2D eigenvalue weighted by Gasteiger charge is 2.16. The standard InChI is InChI=1S/C13H9BrN4O3S3/c14-11-6-5-10(23-11)12(19)16-8-1-3-9(4-2-8)24(20,21)18-13-17-15-7-22-13/h1-7H,(H,16,19)(H,17,18). The Balaban J connectivity index is 1.72. The second kappa shape index (κ2) is 6.97. The molecule has 124 valence electrons. The Labute approximate surface area is 153 Å². The Bertz CT molecular complexity index is 953. The fourth-order valence-corrected chi connectivity index (χ4v) is 4.71. The maximum absolute atomic E-state index is 12.2. The number of amides is 1. The molecule has 0 spiro atoms. The number of nitrogens with zero attached hydrogens (tertiary/aromatic N) is 2. The fourth-order valence-electron chi connectivity index (χ4n) is 1.74. The van der Waals surface area contributed by atoms with E-state index in [1.165, 1.54) is 41.1 Å². The van der Waals surface area contributed by atoms with Crippen LogP contribution in [0, 0.1) is 0 Å². The number of hydrogen-bond donors (Lipinski definition) is 2. The summed E-state index contributed by atoms with van der Waals surface area (Å²) >= 11 is 5.69. The van der Waals surface area contributed by atoms with Crippen LogP contribution < -0.4 is 10.0 Å². The summed E-state index contributed by atoms with van der Waals surface area (Å²) in [5, 5.41) is 10.1. The molecule has 2 N–H and O–H groups in total. The van der Waals surface area contributed by atoms with E-state index in [0.29, 0.717) is 10.6 Å². The third kappa shape index (κ3) is 3.98. The molecule has 0 saturated carbocycles. The SMILES string of the molecule is O=C(Nc1ccc(S(=O)(=O)Nc2nncs2)cc1)c1ccc(Br)s1. The molecular formula is C13H9BrN4O3S3. The lowest BCUT2D eigenvalue weighted by Gasteiger charge is -2.07. The van der Waals surface area contributed by atoms with Gasteiger partial charge >= 0.3 is 0 Å². The fraction of sp³-hybridized carbons (Fsp3) is 0. The number of aromatic nitrogens is 2. The van der Waals surface area contributed by atoms with Crippen LogP contribution in [0.25, 0.3) is 0 Å². The summed E-state index contributed by atoms with van der Waals surface area (Å²) in [6.45, 7) is 0. The minimum atomic E-state index is -3.74. The first-order valence-corrected chi connectivity index (χ1v) is 10.4. The first-order chi connectivity index (χ1) is 11.4. The zero-order valence-electron chi connectivity index (χ0n) is 11.8. The van der Waals surface area contributed by atoms with Crippen molar-refractivity contribution in [2.24, 2.45) is 0 Å². The quantitative estimate of drug-likeness (QED) is 0.627. The predicted octanol–water partition coefficient (Wildman–Crippen LogP) is 3.42. The Morgan fingerprint density at radius 2 is 1.88 bits per heavy atom. The highest BCUT2D eigenvalue weighted by molar-refractivity contribution is 9.11. The molecule has 0 radical (unpaired) electrons. The van der Waals surface area contributed by atoms with Crippen molar-refractivity contribution in [3.63, 3.8) is 0 Å². The first-order valence-electron chi connectivity index (χ1n) is 6.40. The van der Waals surface area contributed by atoms with Gasteiger partial charge in [-0.25, -0.2) is 8.42 Å². The van der Waals surface area contributed by atoms with Gasteiger partial charge in [0, 0.05) is 5.69 Å². The summed E-state index contributed by atoms with van der Waals surface area (Å²) in [6, 6.07) is 9.35. The summed E-state index contributed by atoms with van der Waals surface area (Å²) in [7, 11) is -3.74. The first kappa shape index (κ1) is 17.0. The van der Waals surface area contributed by atoms with Crippen LogP contribution in [0.4, 0.5) is 10.8 Å². The lowest BCUT2D eigenvalue weighted by Crippen LogP contribution is -2.13. The number of hydrogen-bond acceptors (Lipinski definition) is 7. The van der Waals surface area contributed by atoms with Crippen molar-refractivity contribution in [1.29, 1.82) is 0 Å². The van der Waals surface area contributed by atoms with Crippen molar-refractivity contribution in [1.82, 2.24) is 10.2 Å². The van der Waals surface area contributed by atoms with Gasteiger partial charge in [-0.05, 0) is 52.3 Å². The number of nitrogens with one attached hydrogen (secondary N) is 2. The molecule has 0 unspecified atom stereocenters. The van der Waals surface area contributed by atoms with E-state index in [4.69, 9.17) is 0 Å². The van der Waals surface area contributed by atoms with E-state index in [9.17, 15) is 13.2 Å². The minimum Gasteiger partial charge on any atom is -0.321 e. The van der Waals surface area contributed by atoms with Gasteiger partial charge in [0.15, 0.2) is 0 Å². The molecule has 2 aromatic heterocycles. The molecule has 2 heterocycles. The van der Waals surface area contributed by atoms with Crippen LogP contribution in [-0.2, 0) is 10.0 Å². The lowest BCUT2D eigenvalue weighted by molar-refractivity contribution is 0.103. The van der Waals surface area contributed by atoms with Crippen molar-refractivity contribution in [3.8, 4) is 0 Å². The van der Waals surface area contributed by atoms with Gasteiger partial charge < -0.3 is 5.32 Å². The monoisotopic (exact) mass is 444 g/mol. The van der Waals surface area contributed by atoms with E-state index in [0.717, 1.165) is 15.1 Å². The number of carbonyl (C=O) groups excluding carboxylic acids is 1. The molecule has 0 fully saturated rings. The summed E-state index contributed by atoms with van der Waals surface area (Å²) in [5.41, 5.74) is 1.93. The van der Waals surface area contributed by atoms with Gasteiger partial charge in [0.1, 0.15) is 5.51 Å². The molecule has 0 atom stereocenters. The van der Waals surface area contributed by atoms with Crippen molar-refractivity contribution in [3.05, 3.63) is 50.6 Å². The van der Waals surface area contributed by atoms with E-state index in [2.05, 4.69) is 36.2 Å². The molecule has 0 aliphatic heterocycles. The van der Waals surface area contributed by atoms with Crippen LogP contribution in [0.2, 0.25) is 0 Å². The van der Waals surface area contributed by atoms with E-state index >= 15 is 0 Å². The van der Waals surface area contributed by atoms with Gasteiger partial charge in [-0.15, -0.1) is 21.5 Å². The molecule has 3 aromatic rings. The number of sulfonamides is 1. The van der Waals surface area contributed by atoms with Crippen LogP contribution in [0.1, 0.15) is 9.67 Å². The largest absolute Gasteiger partial charge is 0.321 e. The van der Waals surface area contributed by atoms with Gasteiger partial charge in [0.25, 0.3) is 15.9 Å². The lowest BCUT2D eigenvalue weighted by atomic mass is 10.3. The molecule has 0 saturated heterocycles. The molecule has 1 aromatic carbocycles. The van der Waals surface area contributed by atoms with Crippen LogP contribution in [-0.4, -0.2) is 24.5 Å². The van der Waals surface area contributed by atoms with Gasteiger partial charge in [0.05, 0.1) is 13.6 Å². The number of halogens is 1. The van der Waals surface area contributed by atoms with Gasteiger partial charge in [-0.3, -0.25) is 9.52 Å². The average molecular weight is 445 g/mol. The molecule has 1 amide bonds. The van der Waals surface area contributed by atoms with E-state index < -0.39 is 10.0 Å². The number of rotatable bonds is 5. The summed E-state index contributed by atoms with van der Waals surface area (Å²) in [5.74, 6) is -0.256. The second-order valence-electron chi connectivity index (χ2n) is 4.43. The predicted molar refractivity (Wildman–Crippen MR) is 97.1 cm³/mol. The third-order valence-corrected chi connectivity index (χ3v) is 6.51. The Morgan fingerprint density at radius 3 is 2.46 bits per heavy atom. The van der Waals surface area contributed by atoms with E-state index in [1.807, 2.05) is 0 Å². The average Bonchev–Trinajstić information content (AvgIpc) is 3.19. The number of anilines is 2. The third-order valence-electron chi connectivity index (χ3n) is 2.80. The van der Waals surface area contributed by atoms with Gasteiger partial charge in [0.2, 0.25) is 5.13 Å². The molecule has 24 heavy (non-hydrogen) atoms.